The van der Waals surface area contributed by atoms with Crippen molar-refractivity contribution in [3.63, 3.8) is 0 Å². The Bertz CT molecular complexity index is 1400. The Kier molecular flexibility index (Phi) is 10.7. The van der Waals surface area contributed by atoms with Crippen LogP contribution in [0.4, 0.5) is 0 Å². The lowest BCUT2D eigenvalue weighted by Gasteiger charge is -2.20. The molecule has 0 aliphatic heterocycles. The first-order valence-corrected chi connectivity index (χ1v) is 13.8. The smallest absolute Gasteiger partial charge is 0.304 e. The lowest BCUT2D eigenvalue weighted by atomic mass is 9.90. The molecular weight excluding hydrogens is 502 g/mol. The summed E-state index contributed by atoms with van der Waals surface area (Å²) in [5, 5.41) is 9.65. The number of hydrogen-bond acceptors (Lipinski definition) is 4. The zero-order valence-electron chi connectivity index (χ0n) is 24.4. The van der Waals surface area contributed by atoms with Crippen molar-refractivity contribution in [3.05, 3.63) is 93.4 Å². The average molecular weight is 544 g/mol. The minimum Gasteiger partial charge on any atom is -0.481 e. The molecule has 40 heavy (non-hydrogen) atoms. The number of amides is 1. The summed E-state index contributed by atoms with van der Waals surface area (Å²) in [5.41, 5.74) is 5.58. The van der Waals surface area contributed by atoms with E-state index in [9.17, 15) is 19.5 Å². The van der Waals surface area contributed by atoms with E-state index in [1.165, 1.54) is 10.8 Å². The van der Waals surface area contributed by atoms with Crippen molar-refractivity contribution in [1.29, 1.82) is 0 Å². The largest absolute Gasteiger partial charge is 0.481 e. The number of aliphatic carboxylic acids is 1. The third-order valence-electron chi connectivity index (χ3n) is 7.06. The first-order chi connectivity index (χ1) is 19.0. The van der Waals surface area contributed by atoms with E-state index < -0.39 is 23.8 Å². The molecule has 0 bridgehead atoms. The van der Waals surface area contributed by atoms with Crippen LogP contribution in [0.15, 0.2) is 70.6 Å². The molecule has 7 heteroatoms. The van der Waals surface area contributed by atoms with Gasteiger partial charge in [0.15, 0.2) is 0 Å². The van der Waals surface area contributed by atoms with E-state index in [4.69, 9.17) is 0 Å². The molecule has 3 rings (SSSR count). The monoisotopic (exact) mass is 543 g/mol. The molecule has 0 saturated heterocycles. The SMILES string of the molecule is Cc1cccc(C)c1-c1cccc(C(C=NC(=O)C(CC(C)C)n2cccc(CCN(C)C)c2=O)CC(=O)O)c1. The Hall–Kier alpha value is -3.84. The molecule has 2 unspecified atom stereocenters. The van der Waals surface area contributed by atoms with E-state index in [1.54, 1.807) is 18.3 Å². The lowest BCUT2D eigenvalue weighted by molar-refractivity contribution is -0.137. The number of carbonyl (C=O) groups is 2. The van der Waals surface area contributed by atoms with E-state index in [1.807, 2.05) is 63.2 Å². The van der Waals surface area contributed by atoms with Crippen molar-refractivity contribution in [2.75, 3.05) is 20.6 Å². The molecule has 0 aliphatic carbocycles. The summed E-state index contributed by atoms with van der Waals surface area (Å²) >= 11 is 0. The Labute approximate surface area is 237 Å². The lowest BCUT2D eigenvalue weighted by Crippen LogP contribution is -2.32. The Morgan fingerprint density at radius 3 is 2.33 bits per heavy atom. The summed E-state index contributed by atoms with van der Waals surface area (Å²) in [7, 11) is 3.90. The number of carboxylic acid groups (broad SMARTS) is 1. The van der Waals surface area contributed by atoms with Crippen molar-refractivity contribution in [2.24, 2.45) is 10.9 Å². The maximum absolute atomic E-state index is 13.5. The number of hydrogen-bond donors (Lipinski definition) is 1. The van der Waals surface area contributed by atoms with E-state index in [-0.39, 0.29) is 17.9 Å². The second kappa shape index (κ2) is 14.0. The minimum atomic E-state index is -0.982. The fraction of sp³-hybridized carbons (Fsp3) is 0.394. The number of aromatic nitrogens is 1. The number of rotatable bonds is 12. The summed E-state index contributed by atoms with van der Waals surface area (Å²) in [5.74, 6) is -1.90. The molecule has 212 valence electrons. The van der Waals surface area contributed by atoms with Crippen molar-refractivity contribution >= 4 is 18.1 Å². The number of aliphatic imine (C=N–C) groups is 1. The first kappa shape index (κ1) is 30.7. The van der Waals surface area contributed by atoms with Gasteiger partial charge < -0.3 is 14.6 Å². The number of likely N-dealkylation sites (N-methyl/N-ethyl adjacent to an activating group) is 1. The number of benzene rings is 2. The van der Waals surface area contributed by atoms with Crippen LogP contribution < -0.4 is 5.56 Å². The molecule has 2 aromatic carbocycles. The number of nitrogens with zero attached hydrogens (tertiary/aromatic N) is 3. The molecule has 3 aromatic rings. The van der Waals surface area contributed by atoms with Crippen LogP contribution in [0.1, 0.15) is 60.9 Å². The summed E-state index contributed by atoms with van der Waals surface area (Å²) < 4.78 is 1.48. The Morgan fingerprint density at radius 2 is 1.70 bits per heavy atom. The quantitative estimate of drug-likeness (QED) is 0.297. The molecule has 2 atom stereocenters. The van der Waals surface area contributed by atoms with Gasteiger partial charge in [0.05, 0.1) is 6.42 Å². The molecule has 0 saturated carbocycles. The first-order valence-electron chi connectivity index (χ1n) is 13.8. The van der Waals surface area contributed by atoms with Gasteiger partial charge in [-0.25, -0.2) is 4.99 Å². The third kappa shape index (κ3) is 8.09. The highest BCUT2D eigenvalue weighted by Crippen LogP contribution is 2.30. The molecule has 1 heterocycles. The summed E-state index contributed by atoms with van der Waals surface area (Å²) in [6.07, 6.45) is 3.90. The number of carboxylic acids is 1. The highest BCUT2D eigenvalue weighted by molar-refractivity contribution is 5.91. The maximum Gasteiger partial charge on any atom is 0.304 e. The molecule has 0 aliphatic rings. The fourth-order valence-electron chi connectivity index (χ4n) is 5.01. The predicted octanol–water partition coefficient (Wildman–Crippen LogP) is 5.68. The highest BCUT2D eigenvalue weighted by atomic mass is 16.4. The topological polar surface area (TPSA) is 92.0 Å². The molecular formula is C33H41N3O4. The van der Waals surface area contributed by atoms with E-state index in [2.05, 4.69) is 31.0 Å². The van der Waals surface area contributed by atoms with Crippen LogP contribution in [0.3, 0.4) is 0 Å². The van der Waals surface area contributed by atoms with Gasteiger partial charge in [0.2, 0.25) is 0 Å². The van der Waals surface area contributed by atoms with Gasteiger partial charge in [-0.15, -0.1) is 0 Å². The molecule has 1 amide bonds. The van der Waals surface area contributed by atoms with E-state index in [0.717, 1.165) is 34.4 Å². The van der Waals surface area contributed by atoms with Crippen molar-refractivity contribution < 1.29 is 14.7 Å². The van der Waals surface area contributed by atoms with Crippen molar-refractivity contribution in [2.45, 2.75) is 58.9 Å². The average Bonchev–Trinajstić information content (AvgIpc) is 2.89. The van der Waals surface area contributed by atoms with Crippen LogP contribution in [0.5, 0.6) is 0 Å². The number of carbonyl (C=O) groups excluding carboxylic acids is 1. The third-order valence-corrected chi connectivity index (χ3v) is 7.06. The second-order valence-corrected chi connectivity index (χ2v) is 11.2. The summed E-state index contributed by atoms with van der Waals surface area (Å²) in [4.78, 5) is 44.9. The molecule has 7 nitrogen and oxygen atoms in total. The van der Waals surface area contributed by atoms with Gasteiger partial charge in [0.1, 0.15) is 6.04 Å². The molecule has 1 aromatic heterocycles. The Morgan fingerprint density at radius 1 is 1.02 bits per heavy atom. The number of aryl methyl sites for hydroxylation is 2. The fourth-order valence-corrected chi connectivity index (χ4v) is 5.01. The van der Waals surface area contributed by atoms with Crippen LogP contribution >= 0.6 is 0 Å². The molecule has 0 spiro atoms. The zero-order valence-corrected chi connectivity index (χ0v) is 24.4. The van der Waals surface area contributed by atoms with Crippen LogP contribution in [0.2, 0.25) is 0 Å². The number of pyridine rings is 1. The second-order valence-electron chi connectivity index (χ2n) is 11.2. The summed E-state index contributed by atoms with van der Waals surface area (Å²) in [6.45, 7) is 8.82. The van der Waals surface area contributed by atoms with Gasteiger partial charge in [-0.2, -0.15) is 0 Å². The van der Waals surface area contributed by atoms with Crippen LogP contribution in [0, 0.1) is 19.8 Å². The predicted molar refractivity (Wildman–Crippen MR) is 161 cm³/mol. The molecule has 1 N–H and O–H groups in total. The van der Waals surface area contributed by atoms with Gasteiger partial charge >= 0.3 is 5.97 Å². The van der Waals surface area contributed by atoms with Gasteiger partial charge in [-0.05, 0) is 80.6 Å². The van der Waals surface area contributed by atoms with Gasteiger partial charge in [-0.1, -0.05) is 62.4 Å². The zero-order chi connectivity index (χ0) is 29.4. The maximum atomic E-state index is 13.5. The van der Waals surface area contributed by atoms with Crippen molar-refractivity contribution in [3.8, 4) is 11.1 Å². The van der Waals surface area contributed by atoms with Gasteiger partial charge in [0.25, 0.3) is 11.5 Å². The minimum absolute atomic E-state index is 0.144. The van der Waals surface area contributed by atoms with Crippen LogP contribution in [-0.4, -0.2) is 53.3 Å². The van der Waals surface area contributed by atoms with Crippen LogP contribution in [0.25, 0.3) is 11.1 Å². The Balaban J connectivity index is 1.96. The van der Waals surface area contributed by atoms with E-state index >= 15 is 0 Å². The van der Waals surface area contributed by atoms with Crippen LogP contribution in [-0.2, 0) is 16.0 Å². The van der Waals surface area contributed by atoms with E-state index in [0.29, 0.717) is 18.4 Å². The highest BCUT2D eigenvalue weighted by Gasteiger charge is 2.24. The van der Waals surface area contributed by atoms with Gasteiger partial charge in [-0.3, -0.25) is 14.4 Å². The molecule has 0 radical (unpaired) electrons. The standard InChI is InChI=1S/C33H41N3O4/c1-22(2)18-29(36-16-9-14-25(33(36)40)15-17-35(5)6)32(39)34-21-28(20-30(37)38)26-12-8-13-27(19-26)31-23(3)10-7-11-24(31)4/h7-14,16,19,21-22,28-29H,15,17-18,20H2,1-6H3,(H,37,38). The van der Waals surface area contributed by atoms with Gasteiger partial charge in [0, 0.05) is 30.4 Å². The summed E-state index contributed by atoms with van der Waals surface area (Å²) in [6, 6.07) is 16.7. The van der Waals surface area contributed by atoms with Crippen molar-refractivity contribution in [1.82, 2.24) is 9.47 Å². The normalized spacial score (nSPS) is 13.2. The molecule has 0 fully saturated rings.